The molecule has 0 fully saturated rings. The van der Waals surface area contributed by atoms with Gasteiger partial charge in [0.05, 0.1) is 11.9 Å². The van der Waals surface area contributed by atoms with E-state index in [2.05, 4.69) is 9.88 Å². The van der Waals surface area contributed by atoms with Crippen LogP contribution >= 0.6 is 0 Å². The first-order valence-electron chi connectivity index (χ1n) is 5.86. The lowest BCUT2D eigenvalue weighted by molar-refractivity contribution is 0.100. The van der Waals surface area contributed by atoms with Crippen molar-refractivity contribution < 1.29 is 4.79 Å². The van der Waals surface area contributed by atoms with Gasteiger partial charge >= 0.3 is 0 Å². The van der Waals surface area contributed by atoms with Crippen molar-refractivity contribution in [1.82, 2.24) is 4.98 Å². The van der Waals surface area contributed by atoms with Gasteiger partial charge in [-0.3, -0.25) is 9.78 Å². The van der Waals surface area contributed by atoms with Gasteiger partial charge in [-0.15, -0.1) is 0 Å². The van der Waals surface area contributed by atoms with E-state index in [0.29, 0.717) is 5.56 Å². The summed E-state index contributed by atoms with van der Waals surface area (Å²) in [5, 5.41) is 0. The average Bonchev–Trinajstić information content (AvgIpc) is 2.82. The van der Waals surface area contributed by atoms with Crippen molar-refractivity contribution in [3.63, 3.8) is 0 Å². The molecule has 2 aromatic rings. The first-order chi connectivity index (χ1) is 8.75. The van der Waals surface area contributed by atoms with E-state index in [0.717, 1.165) is 24.3 Å². The van der Waals surface area contributed by atoms with E-state index in [4.69, 9.17) is 5.73 Å². The van der Waals surface area contributed by atoms with Crippen LogP contribution in [0.3, 0.4) is 0 Å². The lowest BCUT2D eigenvalue weighted by Gasteiger charge is -2.19. The minimum Gasteiger partial charge on any atom is -0.366 e. The fourth-order valence-electron chi connectivity index (χ4n) is 2.31. The fraction of sp³-hybridized carbons (Fsp3) is 0.143. The number of anilines is 2. The Morgan fingerprint density at radius 1 is 1.33 bits per heavy atom. The second-order valence-corrected chi connectivity index (χ2v) is 4.32. The highest BCUT2D eigenvalue weighted by Crippen LogP contribution is 2.34. The highest BCUT2D eigenvalue weighted by molar-refractivity contribution is 5.94. The van der Waals surface area contributed by atoms with Gasteiger partial charge in [0.25, 0.3) is 0 Å². The van der Waals surface area contributed by atoms with Crippen molar-refractivity contribution in [3.8, 4) is 0 Å². The standard InChI is InChI=1S/C14H13N3O/c15-14(18)11-4-3-10-5-7-17(13(10)8-11)12-2-1-6-16-9-12/h1-4,6,8-9H,5,7H2,(H2,15,18). The van der Waals surface area contributed by atoms with Crippen molar-refractivity contribution in [2.45, 2.75) is 6.42 Å². The number of nitrogens with two attached hydrogens (primary N) is 1. The van der Waals surface area contributed by atoms with Gasteiger partial charge in [0.15, 0.2) is 0 Å². The topological polar surface area (TPSA) is 59.2 Å². The van der Waals surface area contributed by atoms with Crippen LogP contribution in [-0.4, -0.2) is 17.4 Å². The molecule has 0 saturated heterocycles. The zero-order valence-electron chi connectivity index (χ0n) is 9.84. The van der Waals surface area contributed by atoms with Crippen LogP contribution in [0.5, 0.6) is 0 Å². The Labute approximate surface area is 105 Å². The Hall–Kier alpha value is -2.36. The van der Waals surface area contributed by atoms with Crippen LogP contribution in [0.15, 0.2) is 42.7 Å². The molecule has 3 rings (SSSR count). The minimum absolute atomic E-state index is 0.393. The number of hydrogen-bond acceptors (Lipinski definition) is 3. The molecule has 4 heteroatoms. The van der Waals surface area contributed by atoms with E-state index in [-0.39, 0.29) is 0 Å². The summed E-state index contributed by atoms with van der Waals surface area (Å²) in [7, 11) is 0. The zero-order valence-corrected chi connectivity index (χ0v) is 9.84. The molecule has 1 amide bonds. The summed E-state index contributed by atoms with van der Waals surface area (Å²) in [5.41, 5.74) is 9.20. The number of amides is 1. The zero-order chi connectivity index (χ0) is 12.5. The first-order valence-corrected chi connectivity index (χ1v) is 5.86. The number of carbonyl (C=O) groups excluding carboxylic acids is 1. The Balaban J connectivity index is 2.05. The Morgan fingerprint density at radius 3 is 2.94 bits per heavy atom. The van der Waals surface area contributed by atoms with E-state index in [1.165, 1.54) is 5.56 Å². The van der Waals surface area contributed by atoms with Crippen LogP contribution in [0, 0.1) is 0 Å². The number of primary amides is 1. The summed E-state index contributed by atoms with van der Waals surface area (Å²) in [6.07, 6.45) is 4.55. The summed E-state index contributed by atoms with van der Waals surface area (Å²) in [6, 6.07) is 9.54. The highest BCUT2D eigenvalue weighted by Gasteiger charge is 2.21. The smallest absolute Gasteiger partial charge is 0.248 e. The number of carbonyl (C=O) groups is 1. The van der Waals surface area contributed by atoms with Gasteiger partial charge in [0, 0.05) is 24.0 Å². The van der Waals surface area contributed by atoms with Gasteiger partial charge in [0.2, 0.25) is 5.91 Å². The normalized spacial score (nSPS) is 13.4. The number of benzene rings is 1. The molecule has 1 aliphatic heterocycles. The number of nitrogens with zero attached hydrogens (tertiary/aromatic N) is 2. The lowest BCUT2D eigenvalue weighted by Crippen LogP contribution is -2.15. The molecule has 0 spiro atoms. The second-order valence-electron chi connectivity index (χ2n) is 4.32. The van der Waals surface area contributed by atoms with Gasteiger partial charge in [0.1, 0.15) is 0 Å². The Kier molecular flexibility index (Phi) is 2.48. The predicted octanol–water partition coefficient (Wildman–Crippen LogP) is 1.87. The van der Waals surface area contributed by atoms with Crippen LogP contribution in [0.1, 0.15) is 15.9 Å². The molecule has 1 aliphatic rings. The van der Waals surface area contributed by atoms with E-state index < -0.39 is 5.91 Å². The van der Waals surface area contributed by atoms with Crippen molar-refractivity contribution in [1.29, 1.82) is 0 Å². The average molecular weight is 239 g/mol. The Morgan fingerprint density at radius 2 is 2.22 bits per heavy atom. The van der Waals surface area contributed by atoms with Gasteiger partial charge in [-0.05, 0) is 36.2 Å². The maximum atomic E-state index is 11.2. The van der Waals surface area contributed by atoms with Crippen molar-refractivity contribution in [2.24, 2.45) is 5.73 Å². The molecule has 1 aromatic heterocycles. The quantitative estimate of drug-likeness (QED) is 0.870. The molecule has 0 bridgehead atoms. The van der Waals surface area contributed by atoms with Crippen LogP contribution < -0.4 is 10.6 Å². The molecular weight excluding hydrogens is 226 g/mol. The number of hydrogen-bond donors (Lipinski definition) is 1. The van der Waals surface area contributed by atoms with Crippen LogP contribution in [0.2, 0.25) is 0 Å². The van der Waals surface area contributed by atoms with Gasteiger partial charge in [-0.1, -0.05) is 6.07 Å². The third-order valence-electron chi connectivity index (χ3n) is 3.22. The second kappa shape index (κ2) is 4.14. The molecular formula is C14H13N3O. The third-order valence-corrected chi connectivity index (χ3v) is 3.22. The molecule has 0 radical (unpaired) electrons. The molecule has 1 aromatic carbocycles. The molecule has 2 heterocycles. The van der Waals surface area contributed by atoms with Crippen LogP contribution in [-0.2, 0) is 6.42 Å². The molecule has 2 N–H and O–H groups in total. The summed E-state index contributed by atoms with van der Waals surface area (Å²) >= 11 is 0. The van der Waals surface area contributed by atoms with Crippen LogP contribution in [0.4, 0.5) is 11.4 Å². The van der Waals surface area contributed by atoms with E-state index in [1.54, 1.807) is 12.3 Å². The van der Waals surface area contributed by atoms with Crippen LogP contribution in [0.25, 0.3) is 0 Å². The monoisotopic (exact) mass is 239 g/mol. The summed E-state index contributed by atoms with van der Waals surface area (Å²) < 4.78 is 0. The molecule has 0 aliphatic carbocycles. The third kappa shape index (κ3) is 1.72. The fourth-order valence-corrected chi connectivity index (χ4v) is 2.31. The van der Waals surface area contributed by atoms with Crippen molar-refractivity contribution in [2.75, 3.05) is 11.4 Å². The SMILES string of the molecule is NC(=O)c1ccc2c(c1)N(c1cccnc1)CC2. The molecule has 0 saturated carbocycles. The van der Waals surface area contributed by atoms with Gasteiger partial charge in [-0.2, -0.15) is 0 Å². The highest BCUT2D eigenvalue weighted by atomic mass is 16.1. The minimum atomic E-state index is -0.393. The first kappa shape index (κ1) is 10.8. The largest absolute Gasteiger partial charge is 0.366 e. The van der Waals surface area contributed by atoms with Gasteiger partial charge < -0.3 is 10.6 Å². The molecule has 90 valence electrons. The number of rotatable bonds is 2. The summed E-state index contributed by atoms with van der Waals surface area (Å²) in [6.45, 7) is 0.906. The maximum Gasteiger partial charge on any atom is 0.248 e. The number of fused-ring (bicyclic) bond motifs is 1. The maximum absolute atomic E-state index is 11.2. The summed E-state index contributed by atoms with van der Waals surface area (Å²) in [5.74, 6) is -0.393. The molecule has 0 unspecified atom stereocenters. The van der Waals surface area contributed by atoms with Gasteiger partial charge in [-0.25, -0.2) is 0 Å². The van der Waals surface area contributed by atoms with Crippen molar-refractivity contribution >= 4 is 17.3 Å². The molecule has 18 heavy (non-hydrogen) atoms. The molecule has 0 atom stereocenters. The van der Waals surface area contributed by atoms with E-state index in [1.807, 2.05) is 30.5 Å². The number of aromatic nitrogens is 1. The summed E-state index contributed by atoms with van der Waals surface area (Å²) in [4.78, 5) is 17.5. The predicted molar refractivity (Wildman–Crippen MR) is 69.9 cm³/mol. The lowest BCUT2D eigenvalue weighted by atomic mass is 10.1. The number of pyridine rings is 1. The molecule has 4 nitrogen and oxygen atoms in total. The van der Waals surface area contributed by atoms with E-state index >= 15 is 0 Å². The van der Waals surface area contributed by atoms with Crippen molar-refractivity contribution in [3.05, 3.63) is 53.9 Å². The van der Waals surface area contributed by atoms with E-state index in [9.17, 15) is 4.79 Å². The Bertz CT molecular complexity index is 595.